The van der Waals surface area contributed by atoms with E-state index in [2.05, 4.69) is 20.8 Å². The van der Waals surface area contributed by atoms with Gasteiger partial charge in [-0.2, -0.15) is 0 Å². The molecule has 0 aliphatic carbocycles. The van der Waals surface area contributed by atoms with E-state index in [1.165, 1.54) is 244 Å². The molecular weight excluding hydrogens is 737 g/mol. The second kappa shape index (κ2) is 47.4. The predicted octanol–water partition coefficient (Wildman–Crippen LogP) is 19.9. The van der Waals surface area contributed by atoms with Crippen LogP contribution in [0.25, 0.3) is 0 Å². The van der Waals surface area contributed by atoms with Crippen molar-refractivity contribution in [2.24, 2.45) is 11.3 Å². The summed E-state index contributed by atoms with van der Waals surface area (Å²) >= 11 is 0. The molecule has 0 rings (SSSR count). The van der Waals surface area contributed by atoms with Gasteiger partial charge in [-0.1, -0.05) is 303 Å². The van der Waals surface area contributed by atoms with Gasteiger partial charge in [-0.25, -0.2) is 0 Å². The zero-order valence-corrected chi connectivity index (χ0v) is 41.4. The molecule has 0 aromatic rings. The largest absolute Gasteiger partial charge is 0.481 e. The van der Waals surface area contributed by atoms with E-state index in [1.54, 1.807) is 0 Å². The Morgan fingerprint density at radius 1 is 0.317 bits per heavy atom. The van der Waals surface area contributed by atoms with Gasteiger partial charge in [0.1, 0.15) is 0 Å². The summed E-state index contributed by atoms with van der Waals surface area (Å²) in [6.45, 7) is 6.86. The molecular formula is C56H110O4. The van der Waals surface area contributed by atoms with Crippen molar-refractivity contribution < 1.29 is 19.8 Å². The van der Waals surface area contributed by atoms with E-state index in [-0.39, 0.29) is 12.3 Å². The van der Waals surface area contributed by atoms with E-state index in [1.807, 2.05) is 0 Å². The lowest BCUT2D eigenvalue weighted by molar-refractivity contribution is -0.156. The number of carboxylic acid groups (broad SMARTS) is 2. The van der Waals surface area contributed by atoms with Crippen molar-refractivity contribution in [1.29, 1.82) is 0 Å². The maximum absolute atomic E-state index is 13.5. The van der Waals surface area contributed by atoms with Crippen LogP contribution in [-0.4, -0.2) is 22.2 Å². The number of carboxylic acids is 2. The summed E-state index contributed by atoms with van der Waals surface area (Å²) in [6, 6.07) is 0. The fourth-order valence-electron chi connectivity index (χ4n) is 10.1. The topological polar surface area (TPSA) is 74.6 Å². The SMILES string of the molecule is CCCCCCCCCCCCCCCCCCC(CCCCCCCCCCCCCCCC)(C(=O)O)C(CCCCCCCCCCCCCCCC)CCC(=O)O. The maximum Gasteiger partial charge on any atom is 0.309 e. The molecule has 0 saturated heterocycles. The number of rotatable bonds is 52. The molecule has 4 heteroatoms. The molecule has 0 aliphatic rings. The highest BCUT2D eigenvalue weighted by molar-refractivity contribution is 5.75. The number of hydrogen-bond donors (Lipinski definition) is 2. The highest BCUT2D eigenvalue weighted by atomic mass is 16.4. The minimum absolute atomic E-state index is 0.0401. The quantitative estimate of drug-likeness (QED) is 0.0598. The summed E-state index contributed by atoms with van der Waals surface area (Å²) in [5, 5.41) is 20.8. The van der Waals surface area contributed by atoms with Crippen LogP contribution in [0.5, 0.6) is 0 Å². The van der Waals surface area contributed by atoms with E-state index < -0.39 is 17.4 Å². The maximum atomic E-state index is 13.5. The zero-order valence-electron chi connectivity index (χ0n) is 41.4. The average Bonchev–Trinajstić information content (AvgIpc) is 3.24. The van der Waals surface area contributed by atoms with Crippen LogP contribution in [0.1, 0.15) is 335 Å². The Morgan fingerprint density at radius 3 is 0.750 bits per heavy atom. The second-order valence-corrected chi connectivity index (χ2v) is 19.9. The molecule has 0 heterocycles. The van der Waals surface area contributed by atoms with Gasteiger partial charge < -0.3 is 10.2 Å². The minimum atomic E-state index is -0.779. The summed E-state index contributed by atoms with van der Waals surface area (Å²) in [5.74, 6) is -1.46. The second-order valence-electron chi connectivity index (χ2n) is 19.9. The smallest absolute Gasteiger partial charge is 0.309 e. The average molecular weight is 847 g/mol. The van der Waals surface area contributed by atoms with Gasteiger partial charge >= 0.3 is 11.9 Å². The third-order valence-electron chi connectivity index (χ3n) is 14.3. The highest BCUT2D eigenvalue weighted by Gasteiger charge is 2.44. The van der Waals surface area contributed by atoms with Gasteiger partial charge in [0.2, 0.25) is 0 Å². The first-order valence-corrected chi connectivity index (χ1v) is 27.9. The van der Waals surface area contributed by atoms with Gasteiger partial charge in [-0.15, -0.1) is 0 Å². The summed E-state index contributed by atoms with van der Waals surface area (Å²) in [6.07, 6.45) is 60.7. The van der Waals surface area contributed by atoms with Crippen LogP contribution in [0.2, 0.25) is 0 Å². The summed E-state index contributed by atoms with van der Waals surface area (Å²) < 4.78 is 0. The molecule has 0 radical (unpaired) electrons. The Balaban J connectivity index is 4.90. The van der Waals surface area contributed by atoms with Gasteiger partial charge in [-0.3, -0.25) is 9.59 Å². The van der Waals surface area contributed by atoms with Crippen molar-refractivity contribution in [1.82, 2.24) is 0 Å². The molecule has 0 aliphatic heterocycles. The highest BCUT2D eigenvalue weighted by Crippen LogP contribution is 2.45. The van der Waals surface area contributed by atoms with Crippen LogP contribution in [0.15, 0.2) is 0 Å². The molecule has 4 nitrogen and oxygen atoms in total. The van der Waals surface area contributed by atoms with Crippen LogP contribution in [0.4, 0.5) is 0 Å². The van der Waals surface area contributed by atoms with Crippen LogP contribution < -0.4 is 0 Å². The lowest BCUT2D eigenvalue weighted by Crippen LogP contribution is -2.39. The lowest BCUT2D eigenvalue weighted by atomic mass is 9.65. The normalized spacial score (nSPS) is 13.2. The zero-order chi connectivity index (χ0) is 43.9. The van der Waals surface area contributed by atoms with Gasteiger partial charge in [0.15, 0.2) is 0 Å². The standard InChI is InChI=1S/C56H110O4/c1-4-7-10-13-16-19-22-25-28-29-32-35-38-41-44-47-52-56(55(59)60,51-46-43-40-37-34-31-27-24-21-18-15-12-9-6-3)53(49-50-54(57)58)48-45-42-39-36-33-30-26-23-20-17-14-11-8-5-2/h53H,4-52H2,1-3H3,(H,57,58)(H,59,60). The molecule has 358 valence electrons. The monoisotopic (exact) mass is 847 g/mol. The van der Waals surface area contributed by atoms with Crippen molar-refractivity contribution in [2.75, 3.05) is 0 Å². The number of carbonyl (C=O) groups is 2. The van der Waals surface area contributed by atoms with Crippen molar-refractivity contribution in [2.45, 2.75) is 335 Å². The Kier molecular flexibility index (Phi) is 46.6. The first kappa shape index (κ1) is 58.9. The summed E-state index contributed by atoms with van der Waals surface area (Å²) in [7, 11) is 0. The number of aliphatic carboxylic acids is 2. The first-order chi connectivity index (χ1) is 29.4. The van der Waals surface area contributed by atoms with E-state index in [9.17, 15) is 19.8 Å². The molecule has 0 fully saturated rings. The van der Waals surface area contributed by atoms with Gasteiger partial charge in [0, 0.05) is 6.42 Å². The molecule has 0 saturated carbocycles. The molecule has 2 atom stereocenters. The molecule has 0 aromatic heterocycles. The van der Waals surface area contributed by atoms with Crippen molar-refractivity contribution in [3.05, 3.63) is 0 Å². The van der Waals surface area contributed by atoms with E-state index >= 15 is 0 Å². The lowest BCUT2D eigenvalue weighted by Gasteiger charge is -2.38. The summed E-state index contributed by atoms with van der Waals surface area (Å²) in [5.41, 5.74) is -0.779. The Morgan fingerprint density at radius 2 is 0.533 bits per heavy atom. The van der Waals surface area contributed by atoms with Crippen LogP contribution in [0.3, 0.4) is 0 Å². The Hall–Kier alpha value is -1.06. The Bertz CT molecular complexity index is 871. The van der Waals surface area contributed by atoms with E-state index in [0.29, 0.717) is 6.42 Å². The van der Waals surface area contributed by atoms with Crippen molar-refractivity contribution >= 4 is 11.9 Å². The Labute approximate surface area is 377 Å². The van der Waals surface area contributed by atoms with Gasteiger partial charge in [0.25, 0.3) is 0 Å². The molecule has 0 spiro atoms. The molecule has 0 aromatic carbocycles. The number of hydrogen-bond acceptors (Lipinski definition) is 2. The number of unbranched alkanes of at least 4 members (excludes halogenated alkanes) is 41. The summed E-state index contributed by atoms with van der Waals surface area (Å²) in [4.78, 5) is 25.3. The van der Waals surface area contributed by atoms with Crippen LogP contribution in [0, 0.1) is 11.3 Å². The molecule has 0 bridgehead atoms. The fourth-order valence-corrected chi connectivity index (χ4v) is 10.1. The fraction of sp³-hybridized carbons (Fsp3) is 0.964. The third kappa shape index (κ3) is 38.6. The van der Waals surface area contributed by atoms with Gasteiger partial charge in [-0.05, 0) is 31.6 Å². The third-order valence-corrected chi connectivity index (χ3v) is 14.3. The van der Waals surface area contributed by atoms with Gasteiger partial charge in [0.05, 0.1) is 5.41 Å². The molecule has 2 N–H and O–H groups in total. The van der Waals surface area contributed by atoms with Crippen molar-refractivity contribution in [3.63, 3.8) is 0 Å². The molecule has 60 heavy (non-hydrogen) atoms. The van der Waals surface area contributed by atoms with Crippen LogP contribution in [-0.2, 0) is 9.59 Å². The first-order valence-electron chi connectivity index (χ1n) is 27.9. The predicted molar refractivity (Wildman–Crippen MR) is 264 cm³/mol. The van der Waals surface area contributed by atoms with Crippen LogP contribution >= 0.6 is 0 Å². The molecule has 2 unspecified atom stereocenters. The van der Waals surface area contributed by atoms with E-state index in [0.717, 1.165) is 57.8 Å². The minimum Gasteiger partial charge on any atom is -0.481 e. The van der Waals surface area contributed by atoms with E-state index in [4.69, 9.17) is 0 Å². The van der Waals surface area contributed by atoms with Crippen molar-refractivity contribution in [3.8, 4) is 0 Å². The molecule has 0 amide bonds.